The van der Waals surface area contributed by atoms with Crippen LogP contribution in [-0.4, -0.2) is 5.71 Å². The number of halogens is 2. The van der Waals surface area contributed by atoms with Crippen molar-refractivity contribution in [2.45, 2.75) is 13.3 Å². The maximum Gasteiger partial charge on any atom is 0.126 e. The third-order valence-corrected chi connectivity index (χ3v) is 4.72. The summed E-state index contributed by atoms with van der Waals surface area (Å²) in [5.74, 6) is -1.15. The lowest BCUT2D eigenvalue weighted by Crippen LogP contribution is -2.00. The van der Waals surface area contributed by atoms with Gasteiger partial charge in [0.15, 0.2) is 0 Å². The molecule has 2 aromatic carbocycles. The number of aryl methyl sites for hydroxylation is 1. The Labute approximate surface area is 149 Å². The van der Waals surface area contributed by atoms with Crippen LogP contribution < -0.4 is 0 Å². The van der Waals surface area contributed by atoms with Crippen molar-refractivity contribution in [1.82, 2.24) is 0 Å². The zero-order valence-electron chi connectivity index (χ0n) is 13.7. The Morgan fingerprint density at radius 1 is 1.04 bits per heavy atom. The van der Waals surface area contributed by atoms with Crippen molar-refractivity contribution >= 4 is 23.1 Å². The van der Waals surface area contributed by atoms with Crippen LogP contribution in [0.4, 0.5) is 8.78 Å². The van der Waals surface area contributed by atoms with Gasteiger partial charge in [-0.3, -0.25) is 0 Å². The van der Waals surface area contributed by atoms with Gasteiger partial charge in [0.1, 0.15) is 11.6 Å². The minimum atomic E-state index is -0.575. The number of hydrogen-bond acceptors (Lipinski definition) is 2. The molecule has 0 radical (unpaired) electrons. The van der Waals surface area contributed by atoms with Crippen LogP contribution in [0.2, 0.25) is 0 Å². The first-order valence-corrected chi connectivity index (χ1v) is 8.74. The molecule has 0 spiro atoms. The molecule has 1 N–H and O–H groups in total. The fraction of sp³-hybridized carbons (Fsp3) is 0.0952. The van der Waals surface area contributed by atoms with Crippen LogP contribution in [0.25, 0.3) is 6.08 Å². The summed E-state index contributed by atoms with van der Waals surface area (Å²) in [6.45, 7) is 1.95. The van der Waals surface area contributed by atoms with E-state index in [4.69, 9.17) is 5.41 Å². The number of benzene rings is 2. The van der Waals surface area contributed by atoms with E-state index in [1.54, 1.807) is 17.4 Å². The monoisotopic (exact) mass is 353 g/mol. The minimum Gasteiger partial charge on any atom is -0.300 e. The summed E-state index contributed by atoms with van der Waals surface area (Å²) in [7, 11) is 0. The molecule has 1 nitrogen and oxygen atoms in total. The highest BCUT2D eigenvalue weighted by atomic mass is 32.1. The molecule has 3 rings (SSSR count). The lowest BCUT2D eigenvalue weighted by molar-refractivity contribution is 0.580. The molecule has 0 amide bonds. The van der Waals surface area contributed by atoms with E-state index in [2.05, 4.69) is 0 Å². The average molecular weight is 353 g/mol. The quantitative estimate of drug-likeness (QED) is 0.543. The molecule has 3 aromatic rings. The second kappa shape index (κ2) is 7.53. The Morgan fingerprint density at radius 3 is 2.48 bits per heavy atom. The molecule has 0 fully saturated rings. The molecular formula is C21H17F2NS. The molecule has 1 aromatic heterocycles. The summed E-state index contributed by atoms with van der Waals surface area (Å²) < 4.78 is 26.7. The van der Waals surface area contributed by atoms with E-state index in [0.717, 1.165) is 27.6 Å². The van der Waals surface area contributed by atoms with Gasteiger partial charge < -0.3 is 5.41 Å². The highest BCUT2D eigenvalue weighted by molar-refractivity contribution is 7.10. The van der Waals surface area contributed by atoms with Gasteiger partial charge in [0.25, 0.3) is 0 Å². The minimum absolute atomic E-state index is 0.415. The van der Waals surface area contributed by atoms with E-state index in [0.29, 0.717) is 17.7 Å². The molecule has 0 saturated carbocycles. The standard InChI is InChI=1S/C21H17F2NS/c1-14-4-5-15(9-16-10-17(22)13-18(23)11-16)12-20(14)21(24)7-6-19-3-2-8-25-19/h2-8,10-13,24H,9H2,1H3/b7-6+,24-21?. The molecule has 0 atom stereocenters. The predicted molar refractivity (Wildman–Crippen MR) is 101 cm³/mol. The topological polar surface area (TPSA) is 23.9 Å². The number of nitrogens with one attached hydrogen (secondary N) is 1. The van der Waals surface area contributed by atoms with Gasteiger partial charge in [-0.1, -0.05) is 18.2 Å². The van der Waals surface area contributed by atoms with E-state index >= 15 is 0 Å². The van der Waals surface area contributed by atoms with E-state index in [1.807, 2.05) is 48.7 Å². The van der Waals surface area contributed by atoms with E-state index in [1.165, 1.54) is 12.1 Å². The molecule has 126 valence electrons. The predicted octanol–water partition coefficient (Wildman–Crippen LogP) is 6.01. The van der Waals surface area contributed by atoms with Crippen LogP contribution >= 0.6 is 11.3 Å². The van der Waals surface area contributed by atoms with Gasteiger partial charge in [-0.15, -0.1) is 11.3 Å². The maximum atomic E-state index is 13.4. The van der Waals surface area contributed by atoms with Crippen molar-refractivity contribution in [3.63, 3.8) is 0 Å². The second-order valence-corrected chi connectivity index (χ2v) is 6.85. The van der Waals surface area contributed by atoms with Crippen LogP contribution in [0, 0.1) is 24.0 Å². The molecule has 0 aliphatic heterocycles. The van der Waals surface area contributed by atoms with Crippen molar-refractivity contribution in [2.75, 3.05) is 0 Å². The number of hydrogen-bond donors (Lipinski definition) is 1. The van der Waals surface area contributed by atoms with E-state index < -0.39 is 11.6 Å². The summed E-state index contributed by atoms with van der Waals surface area (Å²) in [6, 6.07) is 13.3. The Morgan fingerprint density at radius 2 is 1.80 bits per heavy atom. The van der Waals surface area contributed by atoms with Gasteiger partial charge in [-0.05, 0) is 71.8 Å². The summed E-state index contributed by atoms with van der Waals surface area (Å²) >= 11 is 1.62. The second-order valence-electron chi connectivity index (χ2n) is 5.87. The smallest absolute Gasteiger partial charge is 0.126 e. The zero-order chi connectivity index (χ0) is 17.8. The summed E-state index contributed by atoms with van der Waals surface area (Å²) in [5, 5.41) is 10.3. The SMILES string of the molecule is Cc1ccc(Cc2cc(F)cc(F)c2)cc1C(=N)/C=C/c1cccs1. The first-order chi connectivity index (χ1) is 12.0. The lowest BCUT2D eigenvalue weighted by Gasteiger charge is -2.09. The van der Waals surface area contributed by atoms with Crippen LogP contribution in [0.1, 0.15) is 27.1 Å². The van der Waals surface area contributed by atoms with Crippen molar-refractivity contribution < 1.29 is 8.78 Å². The van der Waals surface area contributed by atoms with Gasteiger partial charge in [-0.2, -0.15) is 0 Å². The molecular weight excluding hydrogens is 336 g/mol. The Hall–Kier alpha value is -2.59. The van der Waals surface area contributed by atoms with Gasteiger partial charge in [0, 0.05) is 16.5 Å². The van der Waals surface area contributed by atoms with Crippen molar-refractivity contribution in [3.05, 3.63) is 98.8 Å². The van der Waals surface area contributed by atoms with Gasteiger partial charge in [-0.25, -0.2) is 8.78 Å². The van der Waals surface area contributed by atoms with Gasteiger partial charge in [0.05, 0.1) is 5.71 Å². The number of allylic oxidation sites excluding steroid dienone is 1. The lowest BCUT2D eigenvalue weighted by atomic mass is 9.97. The van der Waals surface area contributed by atoms with Crippen LogP contribution in [0.3, 0.4) is 0 Å². The third-order valence-electron chi connectivity index (χ3n) is 3.88. The first-order valence-electron chi connectivity index (χ1n) is 7.86. The van der Waals surface area contributed by atoms with Crippen LogP contribution in [-0.2, 0) is 6.42 Å². The largest absolute Gasteiger partial charge is 0.300 e. The molecule has 4 heteroatoms. The fourth-order valence-corrected chi connectivity index (χ4v) is 3.28. The molecule has 0 bridgehead atoms. The van der Waals surface area contributed by atoms with E-state index in [-0.39, 0.29) is 0 Å². The van der Waals surface area contributed by atoms with Crippen molar-refractivity contribution in [1.29, 1.82) is 5.41 Å². The molecule has 0 saturated heterocycles. The van der Waals surface area contributed by atoms with Crippen molar-refractivity contribution in [2.24, 2.45) is 0 Å². The molecule has 25 heavy (non-hydrogen) atoms. The fourth-order valence-electron chi connectivity index (χ4n) is 2.66. The number of thiophene rings is 1. The average Bonchev–Trinajstić information content (AvgIpc) is 3.07. The Balaban J connectivity index is 1.83. The number of rotatable bonds is 5. The Bertz CT molecular complexity index is 907. The molecule has 0 unspecified atom stereocenters. The molecule has 0 aliphatic carbocycles. The van der Waals surface area contributed by atoms with Gasteiger partial charge >= 0.3 is 0 Å². The summed E-state index contributed by atoms with van der Waals surface area (Å²) in [6.07, 6.45) is 4.12. The molecule has 0 aliphatic rings. The highest BCUT2D eigenvalue weighted by Crippen LogP contribution is 2.18. The highest BCUT2D eigenvalue weighted by Gasteiger charge is 2.07. The van der Waals surface area contributed by atoms with Crippen LogP contribution in [0.5, 0.6) is 0 Å². The van der Waals surface area contributed by atoms with Crippen molar-refractivity contribution in [3.8, 4) is 0 Å². The summed E-state index contributed by atoms with van der Waals surface area (Å²) in [5.41, 5.74) is 3.73. The maximum absolute atomic E-state index is 13.4. The third kappa shape index (κ3) is 4.48. The Kier molecular flexibility index (Phi) is 5.19. The first kappa shape index (κ1) is 17.2. The summed E-state index contributed by atoms with van der Waals surface area (Å²) in [4.78, 5) is 1.09. The molecule has 1 heterocycles. The van der Waals surface area contributed by atoms with E-state index in [9.17, 15) is 8.78 Å². The zero-order valence-corrected chi connectivity index (χ0v) is 14.5. The normalized spacial score (nSPS) is 11.2. The van der Waals surface area contributed by atoms with Gasteiger partial charge in [0.2, 0.25) is 0 Å². The van der Waals surface area contributed by atoms with Crippen LogP contribution in [0.15, 0.2) is 60.0 Å².